The number of carboxylic acids is 2. The number of aliphatic carboxylic acids is 2. The van der Waals surface area contributed by atoms with Gasteiger partial charge in [-0.05, 0) is 62.6 Å². The van der Waals surface area contributed by atoms with E-state index in [1.807, 2.05) is 13.8 Å². The van der Waals surface area contributed by atoms with E-state index in [4.69, 9.17) is 30.4 Å². The summed E-state index contributed by atoms with van der Waals surface area (Å²) < 4.78 is 5.44. The fourth-order valence-corrected chi connectivity index (χ4v) is 15.3. The zero-order chi connectivity index (χ0) is 65.0. The highest BCUT2D eigenvalue weighted by atomic mass is 32.1. The van der Waals surface area contributed by atoms with Crippen molar-refractivity contribution in [1.29, 1.82) is 0 Å². The van der Waals surface area contributed by atoms with Crippen LogP contribution in [0.1, 0.15) is 145 Å². The van der Waals surface area contributed by atoms with Crippen LogP contribution in [0.15, 0.2) is 64.0 Å². The van der Waals surface area contributed by atoms with Crippen LogP contribution in [0.25, 0.3) is 43.4 Å². The van der Waals surface area contributed by atoms with E-state index in [1.54, 1.807) is 70.9 Å². The zero-order valence-corrected chi connectivity index (χ0v) is 54.6. The number of anilines is 1. The largest absolute Gasteiger partial charge is 0.481 e. The summed E-state index contributed by atoms with van der Waals surface area (Å²) in [6.07, 6.45) is 1.06. The maximum absolute atomic E-state index is 14.0. The second-order valence-corrected chi connectivity index (χ2v) is 27.2. The van der Waals surface area contributed by atoms with Gasteiger partial charge in [0.25, 0.3) is 11.8 Å². The van der Waals surface area contributed by atoms with Crippen molar-refractivity contribution in [2.75, 3.05) is 32.1 Å². The minimum Gasteiger partial charge on any atom is -0.481 e. The van der Waals surface area contributed by atoms with Crippen molar-refractivity contribution in [2.24, 2.45) is 17.6 Å². The third-order valence-corrected chi connectivity index (χ3v) is 20.3. The molecule has 0 bridgehead atoms. The second kappa shape index (κ2) is 30.7. The molecule has 7 aromatic heterocycles. The van der Waals surface area contributed by atoms with Crippen LogP contribution in [-0.2, 0) is 30.5 Å². The lowest BCUT2D eigenvalue weighted by Crippen LogP contribution is -2.47. The average Bonchev–Trinajstić information content (AvgIpc) is 1.72. The molecule has 7 heterocycles. The molecular formula is C59H64N14O12S6. The van der Waals surface area contributed by atoms with Gasteiger partial charge < -0.3 is 52.4 Å². The number of aldehydes is 1. The molecule has 1 unspecified atom stereocenters. The highest BCUT2D eigenvalue weighted by Gasteiger charge is 2.33. The van der Waals surface area contributed by atoms with Gasteiger partial charge in [-0.2, -0.15) is 0 Å². The van der Waals surface area contributed by atoms with Gasteiger partial charge in [0.15, 0.2) is 6.29 Å². The molecule has 1 aliphatic carbocycles. The van der Waals surface area contributed by atoms with Gasteiger partial charge in [0, 0.05) is 71.5 Å². The molecule has 0 saturated heterocycles. The van der Waals surface area contributed by atoms with Crippen LogP contribution in [-0.4, -0.2) is 131 Å². The number of thiazole rings is 6. The van der Waals surface area contributed by atoms with Crippen molar-refractivity contribution in [1.82, 2.24) is 61.5 Å². The van der Waals surface area contributed by atoms with Gasteiger partial charge in [-0.15, -0.1) is 68.0 Å². The van der Waals surface area contributed by atoms with Crippen molar-refractivity contribution in [3.63, 3.8) is 0 Å². The number of aryl methyl sites for hydroxylation is 1. The Bertz CT molecular complexity index is 3930. The van der Waals surface area contributed by atoms with Gasteiger partial charge >= 0.3 is 18.0 Å². The number of benzene rings is 1. The first-order valence-electron chi connectivity index (χ1n) is 28.6. The minimum absolute atomic E-state index is 0.00270. The molecule has 9 rings (SSSR count). The van der Waals surface area contributed by atoms with Crippen LogP contribution >= 0.6 is 68.0 Å². The number of carbonyl (C=O) groups is 8. The number of nitrogens with zero attached hydrogens (tertiary/aromatic N) is 8. The van der Waals surface area contributed by atoms with E-state index < -0.39 is 72.4 Å². The number of aliphatic hydroxyl groups excluding tert-OH is 1. The lowest BCUT2D eigenvalue weighted by Gasteiger charge is -2.29. The molecule has 6 amide bonds. The maximum atomic E-state index is 14.0. The lowest BCUT2D eigenvalue weighted by molar-refractivity contribution is -0.143. The van der Waals surface area contributed by atoms with Crippen LogP contribution in [0.2, 0.25) is 0 Å². The fourth-order valence-electron chi connectivity index (χ4n) is 9.79. The number of amides is 6. The number of ether oxygens (including phenoxy) is 1. The Kier molecular flexibility index (Phi) is 22.7. The van der Waals surface area contributed by atoms with Gasteiger partial charge in [0.2, 0.25) is 11.8 Å². The summed E-state index contributed by atoms with van der Waals surface area (Å²) in [5.74, 6) is -4.43. The number of methoxy groups -OCH3 is 1. The van der Waals surface area contributed by atoms with Crippen molar-refractivity contribution in [2.45, 2.75) is 103 Å². The van der Waals surface area contributed by atoms with Gasteiger partial charge in [0.1, 0.15) is 82.2 Å². The van der Waals surface area contributed by atoms with Crippen molar-refractivity contribution >= 4 is 122 Å². The van der Waals surface area contributed by atoms with E-state index in [0.717, 1.165) is 0 Å². The Morgan fingerprint density at radius 1 is 0.747 bits per heavy atom. The summed E-state index contributed by atoms with van der Waals surface area (Å²) in [5, 5.41) is 54.2. The molecule has 1 fully saturated rings. The minimum atomic E-state index is -1.31. The Labute approximate surface area is 545 Å². The standard InChI is InChI=1S/C59H64N14O12S6/c1-28(2)44(70-51(81)45-29(3)90-53(71-45)35(60)20-41(75)61-4)57-72-47(39(91-57)23-85-5)50(80)62-21-42(76)69-48(49(79)30-10-7-6-8-11-30)56-67-38(26-88-56)55-66-37(25-87-55)46-34(52-63-33(22-74)24-86-52)17-18-36(65-46)54-68-40(27-89-54)73(19-9-12-43(77)78)59(84)64-32-15-13-31(14-16-32)58(82)83/h6-8,10-11,17-18,22,24-28,31-32,35,44,48-49,79H,9,12-16,19-21,23,60H2,1-5H3,(H,61,75)(H,62,80)(H,64,84)(H,69,76)(H,70,81)(H,77,78)(H,82,83)/t31?,32?,35-,44?,48-,49-/m0/s1. The number of aromatic nitrogens is 7. The number of urea groups is 1. The molecule has 1 saturated carbocycles. The summed E-state index contributed by atoms with van der Waals surface area (Å²) in [4.78, 5) is 138. The second-order valence-electron chi connectivity index (χ2n) is 21.4. The van der Waals surface area contributed by atoms with E-state index >= 15 is 0 Å². The third-order valence-electron chi connectivity index (χ3n) is 14.6. The first-order chi connectivity index (χ1) is 43.7. The molecule has 1 aliphatic rings. The van der Waals surface area contributed by atoms with Gasteiger partial charge in [-0.25, -0.2) is 39.7 Å². The maximum Gasteiger partial charge on any atom is 0.323 e. The van der Waals surface area contributed by atoms with Crippen molar-refractivity contribution in [3.8, 4) is 43.4 Å². The van der Waals surface area contributed by atoms with Gasteiger partial charge in [-0.1, -0.05) is 44.2 Å². The van der Waals surface area contributed by atoms with Gasteiger partial charge in [0.05, 0.1) is 41.7 Å². The van der Waals surface area contributed by atoms with E-state index in [1.165, 1.54) is 87.1 Å². The number of carboxylic acid groups (broad SMARTS) is 2. The molecule has 8 aromatic rings. The van der Waals surface area contributed by atoms with E-state index in [0.29, 0.717) is 106 Å². The Balaban J connectivity index is 0.930. The van der Waals surface area contributed by atoms with E-state index in [2.05, 4.69) is 41.5 Å². The monoisotopic (exact) mass is 1350 g/mol. The number of hydrogen-bond donors (Lipinski definition) is 9. The smallest absolute Gasteiger partial charge is 0.323 e. The van der Waals surface area contributed by atoms with Crippen LogP contribution in [0.4, 0.5) is 10.6 Å². The molecule has 26 nitrogen and oxygen atoms in total. The highest BCUT2D eigenvalue weighted by molar-refractivity contribution is 7.15. The number of aliphatic hydroxyl groups is 1. The third kappa shape index (κ3) is 16.7. The quantitative estimate of drug-likeness (QED) is 0.0208. The zero-order valence-electron chi connectivity index (χ0n) is 49.7. The van der Waals surface area contributed by atoms with Crippen LogP contribution < -0.4 is 37.2 Å². The summed E-state index contributed by atoms with van der Waals surface area (Å²) in [6, 6.07) is 8.93. The summed E-state index contributed by atoms with van der Waals surface area (Å²) >= 11 is 7.26. The lowest BCUT2D eigenvalue weighted by atomic mass is 9.86. The normalized spacial score (nSPS) is 15.3. The Morgan fingerprint density at radius 2 is 1.46 bits per heavy atom. The molecule has 4 atom stereocenters. The summed E-state index contributed by atoms with van der Waals surface area (Å²) in [7, 11) is 2.97. The number of carbonyl (C=O) groups excluding carboxylic acids is 6. The number of rotatable bonds is 28. The molecule has 1 aromatic carbocycles. The Morgan fingerprint density at radius 3 is 2.15 bits per heavy atom. The number of nitrogens with one attached hydrogen (secondary N) is 5. The van der Waals surface area contributed by atoms with Crippen LogP contribution in [0, 0.1) is 18.8 Å². The molecule has 478 valence electrons. The first-order valence-corrected chi connectivity index (χ1v) is 33.7. The number of nitrogens with two attached hydrogens (primary N) is 1. The summed E-state index contributed by atoms with van der Waals surface area (Å²) in [5.41, 5.74) is 9.24. The fraction of sp³-hybridized carbons (Fsp3) is 0.373. The van der Waals surface area contributed by atoms with Crippen LogP contribution in [0.3, 0.4) is 0 Å². The molecule has 91 heavy (non-hydrogen) atoms. The molecule has 0 radical (unpaired) electrons. The van der Waals surface area contributed by atoms with Gasteiger partial charge in [-0.3, -0.25) is 38.5 Å². The topological polar surface area (TPSA) is 386 Å². The predicted molar refractivity (Wildman–Crippen MR) is 345 cm³/mol. The first kappa shape index (κ1) is 67.2. The molecule has 0 aliphatic heterocycles. The van der Waals surface area contributed by atoms with E-state index in [-0.39, 0.29) is 73.2 Å². The molecule has 10 N–H and O–H groups in total. The summed E-state index contributed by atoms with van der Waals surface area (Å²) in [6.45, 7) is 5.00. The van der Waals surface area contributed by atoms with Crippen molar-refractivity contribution in [3.05, 3.63) is 111 Å². The molecular weight excluding hydrogens is 1290 g/mol. The average molecular weight is 1350 g/mol. The molecule has 32 heteroatoms. The highest BCUT2D eigenvalue weighted by Crippen LogP contribution is 2.40. The van der Waals surface area contributed by atoms with E-state index in [9.17, 15) is 53.7 Å². The Hall–Kier alpha value is -8.21. The predicted octanol–water partition coefficient (Wildman–Crippen LogP) is 8.36. The van der Waals surface area contributed by atoms with Crippen molar-refractivity contribution < 1.29 is 58.4 Å². The number of hydrogen-bond acceptors (Lipinski definition) is 24. The van der Waals surface area contributed by atoms with Crippen LogP contribution in [0.5, 0.6) is 0 Å². The number of pyridine rings is 1. The molecule has 0 spiro atoms. The SMILES string of the molecule is CNC(=O)C[C@H](N)c1nc(C(=O)NC(c2nc(C(=O)NCC(=O)N[C@H](c3nc(-c4nc(-c5nc(-c6nc(N(CCCC(=O)O)C(=O)NC7CCC(C(=O)O)CC7)cs6)ccc5-c5nc(C=O)cs5)cs4)cs3)[C@@H](O)c3ccccc3)c(COC)s2)C(C)C)c(C)s1.